The van der Waals surface area contributed by atoms with Gasteiger partial charge in [-0.15, -0.1) is 11.3 Å². The van der Waals surface area contributed by atoms with Crippen LogP contribution in [-0.2, 0) is 5.75 Å². The van der Waals surface area contributed by atoms with E-state index in [9.17, 15) is 0 Å². The number of aromatic nitrogens is 2. The Bertz CT molecular complexity index is 499. The third-order valence-electron chi connectivity index (χ3n) is 1.85. The molecule has 0 aliphatic heterocycles. The number of aryl methyl sites for hydroxylation is 1. The molecule has 0 fully saturated rings. The van der Waals surface area contributed by atoms with Gasteiger partial charge in [0.05, 0.1) is 0 Å². The van der Waals surface area contributed by atoms with Gasteiger partial charge in [0.1, 0.15) is 9.49 Å². The first-order valence-electron chi connectivity index (χ1n) is 4.50. The number of hydrogen-bond acceptors (Lipinski definition) is 4. The van der Waals surface area contributed by atoms with Gasteiger partial charge in [0, 0.05) is 28.0 Å². The van der Waals surface area contributed by atoms with Crippen LogP contribution in [0.5, 0.6) is 0 Å². The highest BCUT2D eigenvalue weighted by Gasteiger charge is 2.05. The second-order valence-corrected chi connectivity index (χ2v) is 6.02. The van der Waals surface area contributed by atoms with E-state index >= 15 is 0 Å². The minimum atomic E-state index is 0.420. The summed E-state index contributed by atoms with van der Waals surface area (Å²) in [7, 11) is 0. The number of thiazole rings is 1. The predicted octanol–water partition coefficient (Wildman–Crippen LogP) is 4.45. The largest absolute Gasteiger partial charge is 0.244 e. The van der Waals surface area contributed by atoms with Crippen LogP contribution in [0, 0.1) is 6.92 Å². The fraction of sp³-hybridized carbons (Fsp3) is 0.200. The van der Waals surface area contributed by atoms with Gasteiger partial charge in [-0.05, 0) is 18.6 Å². The lowest BCUT2D eigenvalue weighted by molar-refractivity contribution is 1.15. The van der Waals surface area contributed by atoms with Gasteiger partial charge in [0.15, 0.2) is 0 Å². The highest BCUT2D eigenvalue weighted by atomic mass is 35.5. The van der Waals surface area contributed by atoms with Crippen molar-refractivity contribution in [2.45, 2.75) is 17.0 Å². The molecule has 2 aromatic heterocycles. The molecule has 2 rings (SSSR count). The molecule has 0 amide bonds. The van der Waals surface area contributed by atoms with Gasteiger partial charge in [0.25, 0.3) is 0 Å². The second-order valence-electron chi connectivity index (χ2n) is 3.14. The lowest BCUT2D eigenvalue weighted by Crippen LogP contribution is -1.85. The molecule has 16 heavy (non-hydrogen) atoms. The van der Waals surface area contributed by atoms with Gasteiger partial charge < -0.3 is 0 Å². The molecule has 0 spiro atoms. The summed E-state index contributed by atoms with van der Waals surface area (Å²) in [4.78, 5) is 8.37. The van der Waals surface area contributed by atoms with E-state index in [4.69, 9.17) is 23.2 Å². The SMILES string of the molecule is Cc1csc(SCc2cnc(Cl)cc2Cl)n1. The molecule has 0 aromatic carbocycles. The zero-order chi connectivity index (χ0) is 11.5. The Balaban J connectivity index is 2.04. The Hall–Kier alpha value is -0.290. The first kappa shape index (κ1) is 12.2. The van der Waals surface area contributed by atoms with Crippen LogP contribution in [-0.4, -0.2) is 9.97 Å². The second kappa shape index (κ2) is 5.36. The Labute approximate surface area is 112 Å². The van der Waals surface area contributed by atoms with Crippen molar-refractivity contribution in [1.82, 2.24) is 9.97 Å². The van der Waals surface area contributed by atoms with E-state index in [1.54, 1.807) is 35.4 Å². The summed E-state index contributed by atoms with van der Waals surface area (Å²) in [5.74, 6) is 0.760. The lowest BCUT2D eigenvalue weighted by atomic mass is 10.3. The van der Waals surface area contributed by atoms with E-state index < -0.39 is 0 Å². The number of rotatable bonds is 3. The average Bonchev–Trinajstić information content (AvgIpc) is 2.63. The van der Waals surface area contributed by atoms with E-state index in [1.807, 2.05) is 12.3 Å². The number of pyridine rings is 1. The third kappa shape index (κ3) is 3.10. The fourth-order valence-electron chi connectivity index (χ4n) is 1.08. The molecule has 2 aromatic rings. The Morgan fingerprint density at radius 1 is 1.44 bits per heavy atom. The maximum absolute atomic E-state index is 6.05. The van der Waals surface area contributed by atoms with Crippen LogP contribution in [0.3, 0.4) is 0 Å². The molecule has 2 nitrogen and oxygen atoms in total. The monoisotopic (exact) mass is 290 g/mol. The summed E-state index contributed by atoms with van der Waals surface area (Å²) in [5.41, 5.74) is 2.02. The number of thioether (sulfide) groups is 1. The summed E-state index contributed by atoms with van der Waals surface area (Å²) >= 11 is 15.1. The number of halogens is 2. The molecule has 0 unspecified atom stereocenters. The minimum absolute atomic E-state index is 0.420. The van der Waals surface area contributed by atoms with Gasteiger partial charge in [-0.25, -0.2) is 9.97 Å². The van der Waals surface area contributed by atoms with Gasteiger partial charge >= 0.3 is 0 Å². The van der Waals surface area contributed by atoms with Crippen molar-refractivity contribution in [3.63, 3.8) is 0 Å². The molecule has 0 saturated carbocycles. The smallest absolute Gasteiger partial charge is 0.150 e. The molecule has 0 atom stereocenters. The first-order chi connectivity index (χ1) is 7.65. The number of nitrogens with zero attached hydrogens (tertiary/aromatic N) is 2. The van der Waals surface area contributed by atoms with E-state index in [0.29, 0.717) is 10.2 Å². The summed E-state index contributed by atoms with van der Waals surface area (Å²) in [6.45, 7) is 1.98. The lowest BCUT2D eigenvalue weighted by Gasteiger charge is -2.01. The van der Waals surface area contributed by atoms with Crippen LogP contribution < -0.4 is 0 Å². The molecule has 2 heterocycles. The highest BCUT2D eigenvalue weighted by molar-refractivity contribution is 8.00. The summed E-state index contributed by atoms with van der Waals surface area (Å²) in [6, 6.07) is 1.66. The zero-order valence-corrected chi connectivity index (χ0v) is 11.6. The standard InChI is InChI=1S/C10H8Cl2N2S2/c1-6-4-15-10(14-6)16-5-7-3-13-9(12)2-8(7)11/h2-4H,5H2,1H3. The molecular weight excluding hydrogens is 283 g/mol. The highest BCUT2D eigenvalue weighted by Crippen LogP contribution is 2.29. The van der Waals surface area contributed by atoms with E-state index in [0.717, 1.165) is 21.3 Å². The maximum atomic E-state index is 6.05. The maximum Gasteiger partial charge on any atom is 0.150 e. The quantitative estimate of drug-likeness (QED) is 0.617. The van der Waals surface area contributed by atoms with Crippen LogP contribution in [0.25, 0.3) is 0 Å². The molecule has 0 N–H and O–H groups in total. The van der Waals surface area contributed by atoms with Crippen LogP contribution in [0.2, 0.25) is 10.2 Å². The molecular formula is C10H8Cl2N2S2. The molecule has 0 aliphatic rings. The van der Waals surface area contributed by atoms with Crippen LogP contribution in [0.1, 0.15) is 11.3 Å². The zero-order valence-electron chi connectivity index (χ0n) is 8.41. The van der Waals surface area contributed by atoms with Crippen molar-refractivity contribution >= 4 is 46.3 Å². The number of hydrogen-bond donors (Lipinski definition) is 0. The fourth-order valence-corrected chi connectivity index (χ4v) is 3.42. The topological polar surface area (TPSA) is 25.8 Å². The Kier molecular flexibility index (Phi) is 4.08. The van der Waals surface area contributed by atoms with Crippen LogP contribution in [0.15, 0.2) is 22.0 Å². The van der Waals surface area contributed by atoms with E-state index in [1.165, 1.54) is 0 Å². The molecule has 0 saturated heterocycles. The van der Waals surface area contributed by atoms with Crippen LogP contribution in [0.4, 0.5) is 0 Å². The molecule has 6 heteroatoms. The van der Waals surface area contributed by atoms with Crippen molar-refractivity contribution in [3.8, 4) is 0 Å². The van der Waals surface area contributed by atoms with E-state index in [2.05, 4.69) is 9.97 Å². The molecule has 84 valence electrons. The normalized spacial score (nSPS) is 10.7. The van der Waals surface area contributed by atoms with Gasteiger partial charge in [-0.2, -0.15) is 0 Å². The van der Waals surface area contributed by atoms with Crippen molar-refractivity contribution in [1.29, 1.82) is 0 Å². The molecule has 0 bridgehead atoms. The Morgan fingerprint density at radius 3 is 2.88 bits per heavy atom. The van der Waals surface area contributed by atoms with Crippen molar-refractivity contribution in [3.05, 3.63) is 39.1 Å². The van der Waals surface area contributed by atoms with Crippen molar-refractivity contribution in [2.24, 2.45) is 0 Å². The van der Waals surface area contributed by atoms with Gasteiger partial charge in [-0.3, -0.25) is 0 Å². The predicted molar refractivity (Wildman–Crippen MR) is 70.7 cm³/mol. The Morgan fingerprint density at radius 2 is 2.25 bits per heavy atom. The minimum Gasteiger partial charge on any atom is -0.244 e. The van der Waals surface area contributed by atoms with Crippen LogP contribution >= 0.6 is 46.3 Å². The van der Waals surface area contributed by atoms with Gasteiger partial charge in [0.2, 0.25) is 0 Å². The van der Waals surface area contributed by atoms with Gasteiger partial charge in [-0.1, -0.05) is 35.0 Å². The van der Waals surface area contributed by atoms with E-state index in [-0.39, 0.29) is 0 Å². The molecule has 0 aliphatic carbocycles. The first-order valence-corrected chi connectivity index (χ1v) is 7.12. The van der Waals surface area contributed by atoms with Crippen molar-refractivity contribution in [2.75, 3.05) is 0 Å². The van der Waals surface area contributed by atoms with Crippen molar-refractivity contribution < 1.29 is 0 Å². The summed E-state index contributed by atoms with van der Waals surface area (Å²) in [6.07, 6.45) is 1.71. The average molecular weight is 291 g/mol. The molecule has 0 radical (unpaired) electrons. The summed E-state index contributed by atoms with van der Waals surface area (Å²) in [5, 5.41) is 3.11. The summed E-state index contributed by atoms with van der Waals surface area (Å²) < 4.78 is 1.04. The third-order valence-corrected chi connectivity index (χ3v) is 4.59.